The molecule has 0 aliphatic heterocycles. The van der Waals surface area contributed by atoms with E-state index in [0.717, 1.165) is 11.3 Å². The Hall–Kier alpha value is -3.02. The molecule has 0 aliphatic rings. The molecule has 1 N–H and O–H groups in total. The number of hydrazone groups is 1. The first-order valence-corrected chi connectivity index (χ1v) is 6.86. The minimum Gasteiger partial charge on any atom is -0.295 e. The van der Waals surface area contributed by atoms with Gasteiger partial charge in [0.2, 0.25) is 0 Å². The molecule has 3 aromatic heterocycles. The number of imidazole rings is 1. The minimum absolute atomic E-state index is 0.300. The molecule has 3 heterocycles. The Morgan fingerprint density at radius 1 is 1.23 bits per heavy atom. The first-order valence-electron chi connectivity index (χ1n) is 6.86. The van der Waals surface area contributed by atoms with Crippen LogP contribution in [0.3, 0.4) is 0 Å². The summed E-state index contributed by atoms with van der Waals surface area (Å²) in [6, 6.07) is 11.1. The average molecular weight is 293 g/mol. The Kier molecular flexibility index (Phi) is 3.65. The maximum absolute atomic E-state index is 12.4. The van der Waals surface area contributed by atoms with Crippen molar-refractivity contribution >= 4 is 17.3 Å². The van der Waals surface area contributed by atoms with Crippen molar-refractivity contribution in [3.8, 4) is 0 Å². The van der Waals surface area contributed by atoms with Crippen molar-refractivity contribution in [2.45, 2.75) is 13.8 Å². The summed E-state index contributed by atoms with van der Waals surface area (Å²) in [4.78, 5) is 20.9. The second kappa shape index (κ2) is 5.77. The summed E-state index contributed by atoms with van der Waals surface area (Å²) < 4.78 is 1.75. The third kappa shape index (κ3) is 2.58. The van der Waals surface area contributed by atoms with Gasteiger partial charge >= 0.3 is 0 Å². The first-order chi connectivity index (χ1) is 10.7. The number of carbonyl (C=O) groups excluding carboxylic acids is 1. The first kappa shape index (κ1) is 13.9. The summed E-state index contributed by atoms with van der Waals surface area (Å²) in [7, 11) is 0. The Labute approximate surface area is 127 Å². The number of aryl methyl sites for hydroxylation is 1. The van der Waals surface area contributed by atoms with E-state index in [1.54, 1.807) is 30.6 Å². The second-order valence-electron chi connectivity index (χ2n) is 4.83. The molecule has 3 aromatic rings. The molecule has 0 spiro atoms. The molecular formula is C16H15N5O. The zero-order chi connectivity index (χ0) is 15.5. The number of aromatic nitrogens is 3. The largest absolute Gasteiger partial charge is 0.295 e. The molecule has 0 aromatic carbocycles. The lowest BCUT2D eigenvalue weighted by Gasteiger charge is -2.03. The van der Waals surface area contributed by atoms with E-state index in [1.165, 1.54) is 0 Å². The molecule has 0 saturated heterocycles. The summed E-state index contributed by atoms with van der Waals surface area (Å²) in [5.41, 5.74) is 5.80. The number of nitrogens with one attached hydrogen (secondary N) is 1. The normalized spacial score (nSPS) is 11.6. The van der Waals surface area contributed by atoms with Crippen molar-refractivity contribution in [2.75, 3.05) is 0 Å². The Bertz CT molecular complexity index is 851. The molecule has 0 bridgehead atoms. The highest BCUT2D eigenvalue weighted by Crippen LogP contribution is 2.11. The standard InChI is InChI=1S/C16H15N5O/c1-11(13-7-3-5-9-17-13)19-20-16(22)15-12(2)18-14-8-4-6-10-21(14)15/h3-10H,1-2H3,(H,20,22). The maximum Gasteiger partial charge on any atom is 0.290 e. The fraction of sp³-hybridized carbons (Fsp3) is 0.125. The summed E-state index contributed by atoms with van der Waals surface area (Å²) in [5, 5.41) is 4.11. The molecule has 0 fully saturated rings. The number of pyridine rings is 2. The third-order valence-electron chi connectivity index (χ3n) is 3.28. The van der Waals surface area contributed by atoms with E-state index in [9.17, 15) is 4.79 Å². The molecule has 6 nitrogen and oxygen atoms in total. The summed E-state index contributed by atoms with van der Waals surface area (Å²) in [6.07, 6.45) is 3.49. The van der Waals surface area contributed by atoms with Crippen LogP contribution in [0.15, 0.2) is 53.9 Å². The number of carbonyl (C=O) groups is 1. The van der Waals surface area contributed by atoms with Crippen molar-refractivity contribution in [1.82, 2.24) is 19.8 Å². The zero-order valence-electron chi connectivity index (χ0n) is 12.3. The Morgan fingerprint density at radius 2 is 2.05 bits per heavy atom. The SMILES string of the molecule is CC(=NNC(=O)c1c(C)nc2ccccn12)c1ccccn1. The number of fused-ring (bicyclic) bond motifs is 1. The zero-order valence-corrected chi connectivity index (χ0v) is 12.3. The van der Waals surface area contributed by atoms with E-state index in [2.05, 4.69) is 20.5 Å². The van der Waals surface area contributed by atoms with Crippen LogP contribution < -0.4 is 5.43 Å². The van der Waals surface area contributed by atoms with E-state index in [1.807, 2.05) is 36.4 Å². The molecule has 110 valence electrons. The number of nitrogens with zero attached hydrogens (tertiary/aromatic N) is 4. The molecule has 0 aliphatic carbocycles. The number of amides is 1. The van der Waals surface area contributed by atoms with E-state index < -0.39 is 0 Å². The predicted molar refractivity (Wildman–Crippen MR) is 83.8 cm³/mol. The van der Waals surface area contributed by atoms with Gasteiger partial charge in [0.1, 0.15) is 11.3 Å². The lowest BCUT2D eigenvalue weighted by Crippen LogP contribution is -2.22. The second-order valence-corrected chi connectivity index (χ2v) is 4.83. The van der Waals surface area contributed by atoms with Gasteiger partial charge in [-0.2, -0.15) is 5.10 Å². The van der Waals surface area contributed by atoms with Crippen LogP contribution in [0.2, 0.25) is 0 Å². The fourth-order valence-corrected chi connectivity index (χ4v) is 2.21. The molecule has 0 atom stereocenters. The Morgan fingerprint density at radius 3 is 2.82 bits per heavy atom. The van der Waals surface area contributed by atoms with Gasteiger partial charge in [-0.1, -0.05) is 12.1 Å². The molecule has 0 radical (unpaired) electrons. The predicted octanol–water partition coefficient (Wildman–Crippen LogP) is 2.19. The molecule has 1 amide bonds. The molecule has 22 heavy (non-hydrogen) atoms. The van der Waals surface area contributed by atoms with Crippen LogP contribution in [0.25, 0.3) is 5.65 Å². The van der Waals surface area contributed by atoms with Gasteiger partial charge < -0.3 is 0 Å². The summed E-state index contributed by atoms with van der Waals surface area (Å²) in [6.45, 7) is 3.60. The highest BCUT2D eigenvalue weighted by Gasteiger charge is 2.15. The van der Waals surface area contributed by atoms with Gasteiger partial charge in [0.15, 0.2) is 0 Å². The number of hydrogen-bond donors (Lipinski definition) is 1. The van der Waals surface area contributed by atoms with Gasteiger partial charge in [0.05, 0.1) is 17.1 Å². The van der Waals surface area contributed by atoms with E-state index >= 15 is 0 Å². The van der Waals surface area contributed by atoms with E-state index in [4.69, 9.17) is 0 Å². The van der Waals surface area contributed by atoms with Crippen LogP contribution in [0.1, 0.15) is 28.8 Å². The lowest BCUT2D eigenvalue weighted by atomic mass is 10.3. The van der Waals surface area contributed by atoms with Gasteiger partial charge in [-0.05, 0) is 38.1 Å². The van der Waals surface area contributed by atoms with Gasteiger partial charge in [0, 0.05) is 12.4 Å². The molecule has 3 rings (SSSR count). The van der Waals surface area contributed by atoms with Crippen LogP contribution in [0.4, 0.5) is 0 Å². The molecular weight excluding hydrogens is 278 g/mol. The quantitative estimate of drug-likeness (QED) is 0.594. The van der Waals surface area contributed by atoms with Crippen molar-refractivity contribution in [2.24, 2.45) is 5.10 Å². The average Bonchev–Trinajstić information content (AvgIpc) is 2.89. The molecule has 0 saturated carbocycles. The van der Waals surface area contributed by atoms with Gasteiger partial charge in [-0.3, -0.25) is 14.2 Å². The third-order valence-corrected chi connectivity index (χ3v) is 3.28. The van der Waals surface area contributed by atoms with Crippen molar-refractivity contribution in [1.29, 1.82) is 0 Å². The summed E-state index contributed by atoms with van der Waals surface area (Å²) >= 11 is 0. The van der Waals surface area contributed by atoms with Crippen LogP contribution in [-0.2, 0) is 0 Å². The topological polar surface area (TPSA) is 71.7 Å². The minimum atomic E-state index is -0.300. The highest BCUT2D eigenvalue weighted by atomic mass is 16.2. The smallest absolute Gasteiger partial charge is 0.290 e. The van der Waals surface area contributed by atoms with Gasteiger partial charge in [-0.15, -0.1) is 0 Å². The summed E-state index contributed by atoms with van der Waals surface area (Å²) in [5.74, 6) is -0.300. The van der Waals surface area contributed by atoms with Crippen LogP contribution in [0, 0.1) is 6.92 Å². The molecule has 0 unspecified atom stereocenters. The maximum atomic E-state index is 12.4. The van der Waals surface area contributed by atoms with Crippen molar-refractivity contribution in [3.63, 3.8) is 0 Å². The number of hydrogen-bond acceptors (Lipinski definition) is 4. The lowest BCUT2D eigenvalue weighted by molar-refractivity contribution is 0.0948. The molecule has 6 heteroatoms. The monoisotopic (exact) mass is 293 g/mol. The van der Waals surface area contributed by atoms with E-state index in [0.29, 0.717) is 17.1 Å². The number of rotatable bonds is 3. The van der Waals surface area contributed by atoms with Crippen LogP contribution >= 0.6 is 0 Å². The van der Waals surface area contributed by atoms with Gasteiger partial charge in [-0.25, -0.2) is 10.4 Å². The van der Waals surface area contributed by atoms with E-state index in [-0.39, 0.29) is 5.91 Å². The Balaban J connectivity index is 1.87. The van der Waals surface area contributed by atoms with Crippen molar-refractivity contribution in [3.05, 3.63) is 65.9 Å². The van der Waals surface area contributed by atoms with Crippen molar-refractivity contribution < 1.29 is 4.79 Å². The fourth-order valence-electron chi connectivity index (χ4n) is 2.21. The van der Waals surface area contributed by atoms with Crippen LogP contribution in [0.5, 0.6) is 0 Å². The van der Waals surface area contributed by atoms with Gasteiger partial charge in [0.25, 0.3) is 5.91 Å². The van der Waals surface area contributed by atoms with Crippen LogP contribution in [-0.4, -0.2) is 26.0 Å². The highest BCUT2D eigenvalue weighted by molar-refractivity contribution is 5.99.